The number of amides is 1. The summed E-state index contributed by atoms with van der Waals surface area (Å²) < 4.78 is 0. The van der Waals surface area contributed by atoms with E-state index in [2.05, 4.69) is 68.9 Å². The van der Waals surface area contributed by atoms with Crippen molar-refractivity contribution in [2.75, 3.05) is 36.4 Å². The summed E-state index contributed by atoms with van der Waals surface area (Å²) in [6, 6.07) is 26.8. The molecule has 1 saturated heterocycles. The van der Waals surface area contributed by atoms with Crippen LogP contribution in [-0.4, -0.2) is 47.2 Å². The van der Waals surface area contributed by atoms with Crippen LogP contribution in [-0.2, 0) is 11.2 Å². The number of nitrogens with zero attached hydrogens (tertiary/aromatic N) is 4. The fourth-order valence-corrected chi connectivity index (χ4v) is 4.48. The summed E-state index contributed by atoms with van der Waals surface area (Å²) in [5.74, 6) is 0.982. The Labute approximate surface area is 200 Å². The number of nitrogens with one attached hydrogen (secondary N) is 1. The van der Waals surface area contributed by atoms with Crippen LogP contribution in [0.4, 0.5) is 17.2 Å². The minimum atomic E-state index is 0.233. The first-order chi connectivity index (χ1) is 16.7. The van der Waals surface area contributed by atoms with Crippen LogP contribution in [0.2, 0.25) is 0 Å². The number of fused-ring (bicyclic) bond motifs is 1. The highest BCUT2D eigenvalue weighted by Gasteiger charge is 2.21. The number of hydrogen-bond donors (Lipinski definition) is 1. The second kappa shape index (κ2) is 9.91. The molecular weight excluding hydrogens is 422 g/mol. The quantitative estimate of drug-likeness (QED) is 0.449. The molecular formula is C28H29N5O. The van der Waals surface area contributed by atoms with Gasteiger partial charge in [-0.05, 0) is 43.2 Å². The SMILES string of the molecule is Cc1nnc(Nc2ccc(CCC(=O)N3CCN(c4ccccc4)CC3)cc2)c2ccccc12. The zero-order chi connectivity index (χ0) is 23.3. The molecule has 1 amide bonds. The molecule has 1 aromatic heterocycles. The molecule has 5 rings (SSSR count). The molecule has 4 aromatic rings. The van der Waals surface area contributed by atoms with Crippen molar-refractivity contribution < 1.29 is 4.79 Å². The molecule has 0 aliphatic carbocycles. The Morgan fingerprint density at radius 3 is 2.24 bits per heavy atom. The zero-order valence-electron chi connectivity index (χ0n) is 19.4. The summed E-state index contributed by atoms with van der Waals surface area (Å²) in [5.41, 5.74) is 4.26. The number of hydrogen-bond acceptors (Lipinski definition) is 5. The van der Waals surface area contributed by atoms with Gasteiger partial charge in [-0.3, -0.25) is 4.79 Å². The van der Waals surface area contributed by atoms with E-state index in [0.29, 0.717) is 6.42 Å². The average molecular weight is 452 g/mol. The number of aryl methyl sites for hydroxylation is 2. The largest absolute Gasteiger partial charge is 0.368 e. The summed E-state index contributed by atoms with van der Waals surface area (Å²) >= 11 is 0. The number of para-hydroxylation sites is 1. The van der Waals surface area contributed by atoms with Gasteiger partial charge in [0.15, 0.2) is 5.82 Å². The standard InChI is InChI=1S/C28H29N5O/c1-21-25-9-5-6-10-26(25)28(31-30-21)29-23-14-11-22(12-15-23)13-16-27(34)33-19-17-32(18-20-33)24-7-3-2-4-8-24/h2-12,14-15H,13,16-20H2,1H3,(H,29,31). The third-order valence-corrected chi connectivity index (χ3v) is 6.47. The molecule has 0 saturated carbocycles. The van der Waals surface area contributed by atoms with Gasteiger partial charge < -0.3 is 15.1 Å². The molecule has 172 valence electrons. The van der Waals surface area contributed by atoms with Gasteiger partial charge in [-0.25, -0.2) is 0 Å². The second-order valence-corrected chi connectivity index (χ2v) is 8.70. The molecule has 34 heavy (non-hydrogen) atoms. The Morgan fingerprint density at radius 1 is 0.824 bits per heavy atom. The van der Waals surface area contributed by atoms with Gasteiger partial charge in [0.05, 0.1) is 5.69 Å². The highest BCUT2D eigenvalue weighted by Crippen LogP contribution is 2.25. The van der Waals surface area contributed by atoms with Crippen LogP contribution in [0.1, 0.15) is 17.7 Å². The number of anilines is 3. The van der Waals surface area contributed by atoms with Gasteiger partial charge in [-0.15, -0.1) is 5.10 Å². The van der Waals surface area contributed by atoms with E-state index in [1.807, 2.05) is 42.2 Å². The van der Waals surface area contributed by atoms with Gasteiger partial charge in [0.2, 0.25) is 5.91 Å². The lowest BCUT2D eigenvalue weighted by Gasteiger charge is -2.36. The molecule has 0 bridgehead atoms. The molecule has 0 spiro atoms. The lowest BCUT2D eigenvalue weighted by molar-refractivity contribution is -0.131. The maximum Gasteiger partial charge on any atom is 0.223 e. The molecule has 1 fully saturated rings. The molecule has 0 atom stereocenters. The average Bonchev–Trinajstić information content (AvgIpc) is 2.90. The van der Waals surface area contributed by atoms with Crippen molar-refractivity contribution in [3.8, 4) is 0 Å². The molecule has 3 aromatic carbocycles. The Hall–Kier alpha value is -3.93. The summed E-state index contributed by atoms with van der Waals surface area (Å²) in [4.78, 5) is 17.1. The molecule has 1 N–H and O–H groups in total. The van der Waals surface area contributed by atoms with Crippen molar-refractivity contribution in [1.82, 2.24) is 15.1 Å². The summed E-state index contributed by atoms with van der Waals surface area (Å²) in [6.07, 6.45) is 1.28. The van der Waals surface area contributed by atoms with Crippen LogP contribution in [0.5, 0.6) is 0 Å². The van der Waals surface area contributed by atoms with Gasteiger partial charge in [0.25, 0.3) is 0 Å². The van der Waals surface area contributed by atoms with E-state index >= 15 is 0 Å². The zero-order valence-corrected chi connectivity index (χ0v) is 19.4. The van der Waals surface area contributed by atoms with Crippen molar-refractivity contribution in [2.24, 2.45) is 0 Å². The summed E-state index contributed by atoms with van der Waals surface area (Å²) in [6.45, 7) is 5.29. The molecule has 2 heterocycles. The number of carbonyl (C=O) groups is 1. The van der Waals surface area contributed by atoms with Gasteiger partial charge in [-0.2, -0.15) is 5.10 Å². The van der Waals surface area contributed by atoms with E-state index in [1.54, 1.807) is 0 Å². The van der Waals surface area contributed by atoms with Crippen molar-refractivity contribution in [1.29, 1.82) is 0 Å². The Morgan fingerprint density at radius 2 is 1.50 bits per heavy atom. The number of piperazine rings is 1. The number of rotatable bonds is 6. The minimum absolute atomic E-state index is 0.233. The van der Waals surface area contributed by atoms with E-state index in [0.717, 1.165) is 66.1 Å². The molecule has 0 radical (unpaired) electrons. The van der Waals surface area contributed by atoms with Gasteiger partial charge >= 0.3 is 0 Å². The van der Waals surface area contributed by atoms with Gasteiger partial charge in [-0.1, -0.05) is 54.6 Å². The van der Waals surface area contributed by atoms with E-state index in [-0.39, 0.29) is 5.91 Å². The van der Waals surface area contributed by atoms with E-state index in [4.69, 9.17) is 0 Å². The van der Waals surface area contributed by atoms with Crippen molar-refractivity contribution in [2.45, 2.75) is 19.8 Å². The summed E-state index contributed by atoms with van der Waals surface area (Å²) in [7, 11) is 0. The summed E-state index contributed by atoms with van der Waals surface area (Å²) in [5, 5.41) is 14.2. The monoisotopic (exact) mass is 451 g/mol. The van der Waals surface area contributed by atoms with Gasteiger partial charge in [0, 0.05) is 54.7 Å². The van der Waals surface area contributed by atoms with Gasteiger partial charge in [0.1, 0.15) is 0 Å². The first kappa shape index (κ1) is 21.9. The Bertz CT molecular complexity index is 1270. The normalized spacial score (nSPS) is 13.8. The predicted octanol–water partition coefficient (Wildman–Crippen LogP) is 4.96. The van der Waals surface area contributed by atoms with Crippen LogP contribution in [0.3, 0.4) is 0 Å². The smallest absolute Gasteiger partial charge is 0.223 e. The lowest BCUT2D eigenvalue weighted by Crippen LogP contribution is -2.48. The molecule has 6 nitrogen and oxygen atoms in total. The molecule has 0 unspecified atom stereocenters. The van der Waals surface area contributed by atoms with Crippen LogP contribution in [0.15, 0.2) is 78.9 Å². The topological polar surface area (TPSA) is 61.4 Å². The molecule has 6 heteroatoms. The van der Waals surface area contributed by atoms with Crippen molar-refractivity contribution in [3.63, 3.8) is 0 Å². The van der Waals surface area contributed by atoms with Crippen molar-refractivity contribution >= 4 is 33.9 Å². The highest BCUT2D eigenvalue weighted by atomic mass is 16.2. The number of aromatic nitrogens is 2. The Balaban J connectivity index is 1.14. The van der Waals surface area contributed by atoms with Crippen LogP contribution >= 0.6 is 0 Å². The fraction of sp³-hybridized carbons (Fsp3) is 0.250. The van der Waals surface area contributed by atoms with Crippen LogP contribution in [0, 0.1) is 6.92 Å². The van der Waals surface area contributed by atoms with Crippen LogP contribution in [0.25, 0.3) is 10.8 Å². The Kier molecular flexibility index (Phi) is 6.38. The lowest BCUT2D eigenvalue weighted by atomic mass is 10.1. The molecule has 1 aliphatic heterocycles. The predicted molar refractivity (Wildman–Crippen MR) is 138 cm³/mol. The number of carbonyl (C=O) groups excluding carboxylic acids is 1. The first-order valence-corrected chi connectivity index (χ1v) is 11.8. The van der Waals surface area contributed by atoms with Crippen LogP contribution < -0.4 is 10.2 Å². The van der Waals surface area contributed by atoms with E-state index in [9.17, 15) is 4.79 Å². The fourth-order valence-electron chi connectivity index (χ4n) is 4.48. The molecule has 1 aliphatic rings. The minimum Gasteiger partial charge on any atom is -0.368 e. The first-order valence-electron chi connectivity index (χ1n) is 11.8. The second-order valence-electron chi connectivity index (χ2n) is 8.70. The maximum atomic E-state index is 12.8. The van der Waals surface area contributed by atoms with E-state index in [1.165, 1.54) is 5.69 Å². The third-order valence-electron chi connectivity index (χ3n) is 6.47. The number of benzene rings is 3. The highest BCUT2D eigenvalue weighted by molar-refractivity contribution is 5.94. The third kappa shape index (κ3) is 4.86. The van der Waals surface area contributed by atoms with Crippen molar-refractivity contribution in [3.05, 3.63) is 90.1 Å². The maximum absolute atomic E-state index is 12.8. The van der Waals surface area contributed by atoms with E-state index < -0.39 is 0 Å².